The van der Waals surface area contributed by atoms with Crippen LogP contribution in [0.1, 0.15) is 35.6 Å². The van der Waals surface area contributed by atoms with Crippen LogP contribution in [0.25, 0.3) is 0 Å². The van der Waals surface area contributed by atoms with E-state index >= 15 is 0 Å². The molecule has 6 nitrogen and oxygen atoms in total. The van der Waals surface area contributed by atoms with E-state index in [-0.39, 0.29) is 17.7 Å². The predicted octanol–water partition coefficient (Wildman–Crippen LogP) is 3.28. The summed E-state index contributed by atoms with van der Waals surface area (Å²) < 4.78 is 0. The monoisotopic (exact) mass is 366 g/mol. The van der Waals surface area contributed by atoms with E-state index in [0.29, 0.717) is 22.1 Å². The Labute approximate surface area is 149 Å². The lowest BCUT2D eigenvalue weighted by molar-refractivity contribution is -0.118. The number of carbonyl (C=O) groups excluding carboxylic acids is 2. The van der Waals surface area contributed by atoms with E-state index in [1.54, 1.807) is 31.2 Å². The second kappa shape index (κ2) is 8.21. The van der Waals surface area contributed by atoms with Gasteiger partial charge in [-0.3, -0.25) is 14.9 Å². The third-order valence-electron chi connectivity index (χ3n) is 3.19. The smallest absolute Gasteiger partial charge is 0.251 e. The SMILES string of the molecule is Cc1nnc(NC(=O)C(CC(C)C)NC(=O)c2ccc(Cl)cc2)s1. The fourth-order valence-corrected chi connectivity index (χ4v) is 2.81. The summed E-state index contributed by atoms with van der Waals surface area (Å²) in [6.07, 6.45) is 0.517. The minimum atomic E-state index is -0.655. The van der Waals surface area contributed by atoms with Crippen LogP contribution in [0, 0.1) is 12.8 Å². The highest BCUT2D eigenvalue weighted by atomic mass is 35.5. The topological polar surface area (TPSA) is 84.0 Å². The molecule has 1 unspecified atom stereocenters. The Balaban J connectivity index is 2.07. The van der Waals surface area contributed by atoms with Crippen LogP contribution < -0.4 is 10.6 Å². The summed E-state index contributed by atoms with van der Waals surface area (Å²) in [5, 5.41) is 14.9. The van der Waals surface area contributed by atoms with Crippen molar-refractivity contribution in [1.29, 1.82) is 0 Å². The number of hydrogen-bond acceptors (Lipinski definition) is 5. The number of amides is 2. The van der Waals surface area contributed by atoms with Gasteiger partial charge in [0.2, 0.25) is 11.0 Å². The fourth-order valence-electron chi connectivity index (χ4n) is 2.09. The Morgan fingerprint density at radius 3 is 2.42 bits per heavy atom. The summed E-state index contributed by atoms with van der Waals surface area (Å²) >= 11 is 7.11. The van der Waals surface area contributed by atoms with E-state index in [4.69, 9.17) is 11.6 Å². The van der Waals surface area contributed by atoms with Crippen LogP contribution in [0.2, 0.25) is 5.02 Å². The number of anilines is 1. The lowest BCUT2D eigenvalue weighted by Crippen LogP contribution is -2.44. The molecule has 2 rings (SSSR count). The van der Waals surface area contributed by atoms with E-state index in [0.717, 1.165) is 5.01 Å². The molecule has 2 aromatic rings. The van der Waals surface area contributed by atoms with Crippen molar-refractivity contribution in [2.24, 2.45) is 5.92 Å². The summed E-state index contributed by atoms with van der Waals surface area (Å²) in [6.45, 7) is 5.79. The standard InChI is InChI=1S/C16H19ClN4O2S/c1-9(2)8-13(15(23)19-16-21-20-10(3)24-16)18-14(22)11-4-6-12(17)7-5-11/h4-7,9,13H,8H2,1-3H3,(H,18,22)(H,19,21,23). The van der Waals surface area contributed by atoms with Gasteiger partial charge in [0.05, 0.1) is 0 Å². The minimum Gasteiger partial charge on any atom is -0.340 e. The van der Waals surface area contributed by atoms with Crippen molar-refractivity contribution in [2.75, 3.05) is 5.32 Å². The molecule has 128 valence electrons. The summed E-state index contributed by atoms with van der Waals surface area (Å²) in [6, 6.07) is 5.86. The number of rotatable bonds is 6. The second-order valence-corrected chi connectivity index (χ2v) is 7.40. The summed E-state index contributed by atoms with van der Waals surface area (Å²) in [4.78, 5) is 24.8. The molecule has 1 heterocycles. The molecule has 8 heteroatoms. The molecule has 0 radical (unpaired) electrons. The molecule has 0 aliphatic rings. The predicted molar refractivity (Wildman–Crippen MR) is 95.4 cm³/mol. The molecule has 2 N–H and O–H groups in total. The first-order chi connectivity index (χ1) is 11.3. The van der Waals surface area contributed by atoms with Crippen molar-refractivity contribution < 1.29 is 9.59 Å². The van der Waals surface area contributed by atoms with Gasteiger partial charge in [-0.25, -0.2) is 0 Å². The van der Waals surface area contributed by atoms with Crippen molar-refractivity contribution in [3.63, 3.8) is 0 Å². The van der Waals surface area contributed by atoms with E-state index in [1.165, 1.54) is 11.3 Å². The molecule has 2 amide bonds. The maximum Gasteiger partial charge on any atom is 0.251 e. The van der Waals surface area contributed by atoms with E-state index < -0.39 is 6.04 Å². The van der Waals surface area contributed by atoms with Crippen molar-refractivity contribution in [3.05, 3.63) is 39.9 Å². The molecule has 0 fully saturated rings. The molecular weight excluding hydrogens is 348 g/mol. The van der Waals surface area contributed by atoms with E-state index in [9.17, 15) is 9.59 Å². The second-order valence-electron chi connectivity index (χ2n) is 5.78. The van der Waals surface area contributed by atoms with Crippen LogP contribution in [0.4, 0.5) is 5.13 Å². The van der Waals surface area contributed by atoms with Gasteiger partial charge in [0.15, 0.2) is 0 Å². The van der Waals surface area contributed by atoms with Crippen molar-refractivity contribution in [3.8, 4) is 0 Å². The van der Waals surface area contributed by atoms with Crippen molar-refractivity contribution in [1.82, 2.24) is 15.5 Å². The minimum absolute atomic E-state index is 0.238. The molecule has 0 spiro atoms. The zero-order valence-corrected chi connectivity index (χ0v) is 15.2. The Bertz CT molecular complexity index is 715. The van der Waals surface area contributed by atoms with Crippen LogP contribution in [0.3, 0.4) is 0 Å². The molecule has 1 atom stereocenters. The average Bonchev–Trinajstić information content (AvgIpc) is 2.91. The third-order valence-corrected chi connectivity index (χ3v) is 4.20. The molecular formula is C16H19ClN4O2S. The number of nitrogens with one attached hydrogen (secondary N) is 2. The number of carbonyl (C=O) groups is 2. The van der Waals surface area contributed by atoms with Gasteiger partial charge in [0, 0.05) is 10.6 Å². The maximum atomic E-state index is 12.5. The average molecular weight is 367 g/mol. The molecule has 0 aliphatic heterocycles. The Morgan fingerprint density at radius 1 is 1.21 bits per heavy atom. The summed E-state index contributed by atoms with van der Waals surface area (Å²) in [7, 11) is 0. The fraction of sp³-hybridized carbons (Fsp3) is 0.375. The number of halogens is 1. The van der Waals surface area contributed by atoms with Crippen LogP contribution in [0.5, 0.6) is 0 Å². The Hall–Kier alpha value is -1.99. The van der Waals surface area contributed by atoms with Gasteiger partial charge in [0.1, 0.15) is 11.0 Å². The molecule has 0 saturated carbocycles. The van der Waals surface area contributed by atoms with Crippen LogP contribution >= 0.6 is 22.9 Å². The van der Waals surface area contributed by atoms with Crippen molar-refractivity contribution >= 4 is 39.9 Å². The van der Waals surface area contributed by atoms with Gasteiger partial charge < -0.3 is 5.32 Å². The van der Waals surface area contributed by atoms with Crippen molar-refractivity contribution in [2.45, 2.75) is 33.2 Å². The Morgan fingerprint density at radius 2 is 1.88 bits per heavy atom. The molecule has 1 aromatic carbocycles. The highest BCUT2D eigenvalue weighted by molar-refractivity contribution is 7.15. The quantitative estimate of drug-likeness (QED) is 0.821. The maximum absolute atomic E-state index is 12.5. The first kappa shape index (κ1) is 18.4. The zero-order chi connectivity index (χ0) is 17.7. The van der Waals surface area contributed by atoms with Gasteiger partial charge in [-0.1, -0.05) is 36.8 Å². The molecule has 0 aliphatic carbocycles. The first-order valence-electron chi connectivity index (χ1n) is 7.52. The third kappa shape index (κ3) is 5.28. The van der Waals surface area contributed by atoms with Crippen LogP contribution in [-0.2, 0) is 4.79 Å². The van der Waals surface area contributed by atoms with Gasteiger partial charge in [0.25, 0.3) is 5.91 Å². The normalized spacial score (nSPS) is 12.0. The number of hydrogen-bond donors (Lipinski definition) is 2. The molecule has 0 bridgehead atoms. The lowest BCUT2D eigenvalue weighted by Gasteiger charge is -2.19. The molecule has 24 heavy (non-hydrogen) atoms. The molecule has 1 aromatic heterocycles. The largest absolute Gasteiger partial charge is 0.340 e. The highest BCUT2D eigenvalue weighted by Crippen LogP contribution is 2.16. The number of nitrogens with zero attached hydrogens (tertiary/aromatic N) is 2. The van der Waals surface area contributed by atoms with E-state index in [2.05, 4.69) is 20.8 Å². The number of aromatic nitrogens is 2. The van der Waals surface area contributed by atoms with E-state index in [1.807, 2.05) is 13.8 Å². The summed E-state index contributed by atoms with van der Waals surface area (Å²) in [5.74, 6) is -0.384. The number of aryl methyl sites for hydroxylation is 1. The van der Waals surface area contributed by atoms with Gasteiger partial charge in [-0.05, 0) is 43.5 Å². The van der Waals surface area contributed by atoms with Gasteiger partial charge in [-0.2, -0.15) is 0 Å². The van der Waals surface area contributed by atoms with Gasteiger partial charge in [-0.15, -0.1) is 10.2 Å². The van der Waals surface area contributed by atoms with Crippen LogP contribution in [0.15, 0.2) is 24.3 Å². The highest BCUT2D eigenvalue weighted by Gasteiger charge is 2.23. The number of benzene rings is 1. The zero-order valence-electron chi connectivity index (χ0n) is 13.7. The summed E-state index contributed by atoms with van der Waals surface area (Å²) in [5.41, 5.74) is 0.452. The lowest BCUT2D eigenvalue weighted by atomic mass is 10.0. The van der Waals surface area contributed by atoms with Crippen LogP contribution in [-0.4, -0.2) is 28.1 Å². The Kier molecular flexibility index (Phi) is 6.28. The van der Waals surface area contributed by atoms with Gasteiger partial charge >= 0.3 is 0 Å². The first-order valence-corrected chi connectivity index (χ1v) is 8.72. The molecule has 0 saturated heterocycles.